The van der Waals surface area contributed by atoms with Crippen molar-refractivity contribution < 1.29 is 14.0 Å². The van der Waals surface area contributed by atoms with Crippen molar-refractivity contribution in [1.29, 1.82) is 0 Å². The molecule has 0 saturated carbocycles. The van der Waals surface area contributed by atoms with Crippen LogP contribution >= 0.6 is 24.0 Å². The minimum absolute atomic E-state index is 0. The lowest BCUT2D eigenvalue weighted by molar-refractivity contribution is 0.0179. The third-order valence-electron chi connectivity index (χ3n) is 5.39. The number of halogens is 1. The summed E-state index contributed by atoms with van der Waals surface area (Å²) < 4.78 is 16.2. The average Bonchev–Trinajstić information content (AvgIpc) is 3.30. The molecule has 0 radical (unpaired) electrons. The van der Waals surface area contributed by atoms with Crippen LogP contribution in [-0.4, -0.2) is 74.0 Å². The number of methoxy groups -OCH3 is 1. The highest BCUT2D eigenvalue weighted by molar-refractivity contribution is 14.0. The van der Waals surface area contributed by atoms with E-state index in [1.54, 1.807) is 7.11 Å². The lowest BCUT2D eigenvalue weighted by Crippen LogP contribution is -2.42. The predicted molar refractivity (Wildman–Crippen MR) is 140 cm³/mol. The maximum absolute atomic E-state index is 5.56. The molecule has 2 aromatic rings. The van der Waals surface area contributed by atoms with Crippen molar-refractivity contribution in [2.75, 3.05) is 53.0 Å². The van der Waals surface area contributed by atoms with Crippen molar-refractivity contribution in [3.8, 4) is 5.75 Å². The largest absolute Gasteiger partial charge is 0.497 e. The normalized spacial score (nSPS) is 15.7. The van der Waals surface area contributed by atoms with Gasteiger partial charge in [-0.2, -0.15) is 4.98 Å². The summed E-state index contributed by atoms with van der Waals surface area (Å²) in [7, 11) is 1.69. The average molecular weight is 572 g/mol. The van der Waals surface area contributed by atoms with Gasteiger partial charge in [-0.3, -0.25) is 9.89 Å². The smallest absolute Gasteiger partial charge is 0.228 e. The Hall–Kier alpha value is -1.92. The number of nitrogens with zero attached hydrogens (tertiary/aromatic N) is 4. The summed E-state index contributed by atoms with van der Waals surface area (Å²) in [4.78, 5) is 11.8. The Bertz CT molecular complexity index is 837. The Balaban J connectivity index is 0.00000385. The van der Waals surface area contributed by atoms with E-state index in [4.69, 9.17) is 19.0 Å². The van der Waals surface area contributed by atoms with Crippen molar-refractivity contribution in [1.82, 2.24) is 25.7 Å². The Morgan fingerprint density at radius 3 is 2.52 bits per heavy atom. The third-order valence-corrected chi connectivity index (χ3v) is 5.39. The van der Waals surface area contributed by atoms with Crippen LogP contribution in [0.5, 0.6) is 5.75 Å². The Morgan fingerprint density at radius 1 is 1.18 bits per heavy atom. The molecular formula is C23H37IN6O3. The summed E-state index contributed by atoms with van der Waals surface area (Å²) in [5.74, 6) is 3.28. The fraction of sp³-hybridized carbons (Fsp3) is 0.609. The number of rotatable bonds is 10. The highest BCUT2D eigenvalue weighted by Gasteiger charge is 2.22. The summed E-state index contributed by atoms with van der Waals surface area (Å²) in [6.07, 6.45) is 0.648. The topological polar surface area (TPSA) is 97.0 Å². The van der Waals surface area contributed by atoms with E-state index in [0.29, 0.717) is 25.4 Å². The van der Waals surface area contributed by atoms with Crippen molar-refractivity contribution in [3.05, 3.63) is 41.5 Å². The SMILES string of the molecule is CCNC(=NCC(c1ccc(OC)cc1)N1CCOCC1)NCCc1nc(C(C)C)no1.I. The minimum atomic E-state index is 0. The second kappa shape index (κ2) is 14.4. The number of guanidine groups is 1. The summed E-state index contributed by atoms with van der Waals surface area (Å²) in [6, 6.07) is 8.43. The summed E-state index contributed by atoms with van der Waals surface area (Å²) in [5, 5.41) is 10.7. The van der Waals surface area contributed by atoms with E-state index in [-0.39, 0.29) is 35.9 Å². The first-order valence-corrected chi connectivity index (χ1v) is 11.4. The number of nitrogens with one attached hydrogen (secondary N) is 2. The maximum atomic E-state index is 5.56. The van der Waals surface area contributed by atoms with Crippen LogP contribution < -0.4 is 15.4 Å². The molecule has 1 fully saturated rings. The van der Waals surface area contributed by atoms with E-state index in [2.05, 4.69) is 58.6 Å². The van der Waals surface area contributed by atoms with Crippen LogP contribution in [0.4, 0.5) is 0 Å². The molecule has 0 aliphatic carbocycles. The van der Waals surface area contributed by atoms with Crippen molar-refractivity contribution in [2.24, 2.45) is 4.99 Å². The minimum Gasteiger partial charge on any atom is -0.497 e. The Kier molecular flexibility index (Phi) is 11.9. The first-order valence-electron chi connectivity index (χ1n) is 11.4. The van der Waals surface area contributed by atoms with Crippen molar-refractivity contribution in [3.63, 3.8) is 0 Å². The molecule has 33 heavy (non-hydrogen) atoms. The molecule has 0 amide bonds. The number of hydrogen-bond donors (Lipinski definition) is 2. The van der Waals surface area contributed by atoms with Crippen LogP contribution in [0.3, 0.4) is 0 Å². The van der Waals surface area contributed by atoms with Gasteiger partial charge in [0.1, 0.15) is 5.75 Å². The first kappa shape index (κ1) is 27.3. The zero-order chi connectivity index (χ0) is 22.8. The van der Waals surface area contributed by atoms with Crippen LogP contribution in [0.25, 0.3) is 0 Å². The highest BCUT2D eigenvalue weighted by atomic mass is 127. The molecule has 2 heterocycles. The summed E-state index contributed by atoms with van der Waals surface area (Å²) in [5.41, 5.74) is 1.22. The zero-order valence-electron chi connectivity index (χ0n) is 20.0. The van der Waals surface area contributed by atoms with Gasteiger partial charge in [0.15, 0.2) is 11.8 Å². The van der Waals surface area contributed by atoms with Crippen LogP contribution in [0.1, 0.15) is 50.0 Å². The monoisotopic (exact) mass is 572 g/mol. The summed E-state index contributed by atoms with van der Waals surface area (Å²) >= 11 is 0. The molecule has 1 unspecified atom stereocenters. The lowest BCUT2D eigenvalue weighted by atomic mass is 10.0. The van der Waals surface area contributed by atoms with Crippen LogP contribution in [-0.2, 0) is 11.2 Å². The quantitative estimate of drug-likeness (QED) is 0.255. The number of hydrogen-bond acceptors (Lipinski definition) is 7. The number of aromatic nitrogens is 2. The predicted octanol–water partition coefficient (Wildman–Crippen LogP) is 2.99. The van der Waals surface area contributed by atoms with Crippen molar-refractivity contribution in [2.45, 2.75) is 39.2 Å². The van der Waals surface area contributed by atoms with Crippen LogP contribution in [0.15, 0.2) is 33.8 Å². The Morgan fingerprint density at radius 2 is 1.91 bits per heavy atom. The molecule has 1 aliphatic rings. The van der Waals surface area contributed by atoms with E-state index < -0.39 is 0 Å². The molecule has 3 rings (SSSR count). The molecule has 2 N–H and O–H groups in total. The fourth-order valence-corrected chi connectivity index (χ4v) is 3.56. The third kappa shape index (κ3) is 8.42. The maximum Gasteiger partial charge on any atom is 0.228 e. The molecule has 0 bridgehead atoms. The molecule has 1 atom stereocenters. The van der Waals surface area contributed by atoms with Gasteiger partial charge in [0.2, 0.25) is 5.89 Å². The van der Waals surface area contributed by atoms with Gasteiger partial charge in [-0.25, -0.2) is 0 Å². The highest BCUT2D eigenvalue weighted by Crippen LogP contribution is 2.24. The van der Waals surface area contributed by atoms with E-state index in [9.17, 15) is 0 Å². The first-order chi connectivity index (χ1) is 15.6. The molecule has 0 spiro atoms. The fourth-order valence-electron chi connectivity index (χ4n) is 3.56. The van der Waals surface area contributed by atoms with Gasteiger partial charge in [0.05, 0.1) is 32.9 Å². The van der Waals surface area contributed by atoms with Crippen molar-refractivity contribution >= 4 is 29.9 Å². The number of aliphatic imine (C=N–C) groups is 1. The van der Waals surface area contributed by atoms with Gasteiger partial charge in [-0.15, -0.1) is 24.0 Å². The number of benzene rings is 1. The van der Waals surface area contributed by atoms with Crippen LogP contribution in [0.2, 0.25) is 0 Å². The van der Waals surface area contributed by atoms with E-state index in [1.807, 2.05) is 12.1 Å². The lowest BCUT2D eigenvalue weighted by Gasteiger charge is -2.34. The zero-order valence-corrected chi connectivity index (χ0v) is 22.4. The number of ether oxygens (including phenoxy) is 2. The molecule has 1 aliphatic heterocycles. The molecule has 1 aromatic carbocycles. The van der Waals surface area contributed by atoms with E-state index >= 15 is 0 Å². The van der Waals surface area contributed by atoms with E-state index in [0.717, 1.165) is 50.4 Å². The standard InChI is InChI=1S/C23H36N6O3.HI/c1-5-24-23(25-11-10-21-27-22(17(2)3)28-32-21)26-16-20(29-12-14-31-15-13-29)18-6-8-19(30-4)9-7-18;/h6-9,17,20H,5,10-16H2,1-4H3,(H2,24,25,26);1H. The second-order valence-electron chi connectivity index (χ2n) is 8.03. The van der Waals surface area contributed by atoms with Gasteiger partial charge in [-0.05, 0) is 24.6 Å². The molecule has 10 heteroatoms. The summed E-state index contributed by atoms with van der Waals surface area (Å²) in [6.45, 7) is 11.5. The Labute approximate surface area is 213 Å². The van der Waals surface area contributed by atoms with E-state index in [1.165, 1.54) is 5.56 Å². The van der Waals surface area contributed by atoms with Crippen LogP contribution in [0, 0.1) is 0 Å². The molecule has 1 aromatic heterocycles. The molecular weight excluding hydrogens is 535 g/mol. The molecule has 184 valence electrons. The molecule has 1 saturated heterocycles. The second-order valence-corrected chi connectivity index (χ2v) is 8.03. The molecule has 9 nitrogen and oxygen atoms in total. The number of morpholine rings is 1. The van der Waals surface area contributed by atoms with Gasteiger partial charge >= 0.3 is 0 Å². The van der Waals surface area contributed by atoms with Gasteiger partial charge < -0.3 is 24.6 Å². The van der Waals surface area contributed by atoms with Gasteiger partial charge in [0, 0.05) is 38.5 Å². The van der Waals surface area contributed by atoms with Gasteiger partial charge in [-0.1, -0.05) is 31.1 Å². The van der Waals surface area contributed by atoms with Gasteiger partial charge in [0.25, 0.3) is 0 Å².